The van der Waals surface area contributed by atoms with Crippen molar-refractivity contribution in [3.63, 3.8) is 0 Å². The molecule has 1 saturated heterocycles. The number of hydrogen-bond donors (Lipinski definition) is 1. The molecule has 0 aromatic heterocycles. The molecule has 0 spiro atoms. The number of benzene rings is 2. The van der Waals surface area contributed by atoms with E-state index in [-0.39, 0.29) is 17.2 Å². The van der Waals surface area contributed by atoms with E-state index in [1.807, 2.05) is 24.0 Å². The maximum atomic E-state index is 13.7. The van der Waals surface area contributed by atoms with Crippen LogP contribution in [-0.4, -0.2) is 21.7 Å². The number of nitrogens with one attached hydrogen (secondary N) is 1. The van der Waals surface area contributed by atoms with Gasteiger partial charge in [-0.05, 0) is 44.4 Å². The largest absolute Gasteiger partial charge is 0.307 e. The van der Waals surface area contributed by atoms with E-state index in [4.69, 9.17) is 12.2 Å². The number of hydrogen-bond acceptors (Lipinski definition) is 4. The second kappa shape index (κ2) is 6.28. The Balaban J connectivity index is 1.86. The molecule has 1 unspecified atom stereocenters. The van der Waals surface area contributed by atoms with Gasteiger partial charge in [0, 0.05) is 16.5 Å². The van der Waals surface area contributed by atoms with Crippen LogP contribution in [0.5, 0.6) is 0 Å². The average molecular weight is 435 g/mol. The minimum Gasteiger partial charge on any atom is -0.307 e. The number of amides is 2. The lowest BCUT2D eigenvalue weighted by atomic mass is 9.65. The molecular formula is C24H22N2O2S2. The lowest BCUT2D eigenvalue weighted by Crippen LogP contribution is -2.54. The van der Waals surface area contributed by atoms with Gasteiger partial charge in [0.2, 0.25) is 0 Å². The SMILES string of the molecule is Cc1cc2c3c(c1)C(C)(c1ccccc1)CC(C)(C)N3C(=O)/C2=C1\SC(=S)NC1=O. The van der Waals surface area contributed by atoms with Gasteiger partial charge in [0.15, 0.2) is 0 Å². The molecule has 0 saturated carbocycles. The van der Waals surface area contributed by atoms with E-state index in [1.165, 1.54) is 17.3 Å². The minimum absolute atomic E-state index is 0.112. The highest BCUT2D eigenvalue weighted by Gasteiger charge is 2.53. The molecule has 2 amide bonds. The third kappa shape index (κ3) is 2.56. The topological polar surface area (TPSA) is 49.4 Å². The van der Waals surface area contributed by atoms with Crippen LogP contribution in [0.15, 0.2) is 47.4 Å². The maximum Gasteiger partial charge on any atom is 0.264 e. The van der Waals surface area contributed by atoms with Crippen molar-refractivity contribution in [1.29, 1.82) is 0 Å². The van der Waals surface area contributed by atoms with Gasteiger partial charge in [0.05, 0.1) is 16.2 Å². The Morgan fingerprint density at radius 3 is 2.43 bits per heavy atom. The predicted molar refractivity (Wildman–Crippen MR) is 126 cm³/mol. The molecule has 3 aliphatic rings. The van der Waals surface area contributed by atoms with Crippen molar-refractivity contribution in [2.75, 3.05) is 4.90 Å². The predicted octanol–water partition coefficient (Wildman–Crippen LogP) is 4.69. The van der Waals surface area contributed by atoms with Crippen LogP contribution < -0.4 is 10.2 Å². The van der Waals surface area contributed by atoms with Gasteiger partial charge in [-0.25, -0.2) is 0 Å². The van der Waals surface area contributed by atoms with Crippen LogP contribution >= 0.6 is 24.0 Å². The molecule has 5 rings (SSSR count). The number of nitrogens with zero attached hydrogens (tertiary/aromatic N) is 1. The van der Waals surface area contributed by atoms with E-state index >= 15 is 0 Å². The van der Waals surface area contributed by atoms with Crippen LogP contribution in [0.4, 0.5) is 5.69 Å². The molecule has 2 aromatic rings. The van der Waals surface area contributed by atoms with Crippen LogP contribution in [0.25, 0.3) is 5.57 Å². The lowest BCUT2D eigenvalue weighted by molar-refractivity contribution is -0.116. The molecule has 4 nitrogen and oxygen atoms in total. The second-order valence-electron chi connectivity index (χ2n) is 9.08. The summed E-state index contributed by atoms with van der Waals surface area (Å²) in [5.74, 6) is -0.397. The van der Waals surface area contributed by atoms with Crippen molar-refractivity contribution in [2.24, 2.45) is 0 Å². The summed E-state index contributed by atoms with van der Waals surface area (Å²) in [6.45, 7) is 8.53. The number of anilines is 1. The molecule has 2 aromatic carbocycles. The second-order valence-corrected chi connectivity index (χ2v) is 10.8. The molecule has 1 atom stereocenters. The fourth-order valence-corrected chi connectivity index (χ4v) is 6.45. The van der Waals surface area contributed by atoms with Gasteiger partial charge < -0.3 is 10.2 Å². The Morgan fingerprint density at radius 2 is 1.80 bits per heavy atom. The van der Waals surface area contributed by atoms with Gasteiger partial charge in [-0.15, -0.1) is 0 Å². The van der Waals surface area contributed by atoms with Crippen molar-refractivity contribution in [1.82, 2.24) is 5.32 Å². The Hall–Kier alpha value is -2.44. The van der Waals surface area contributed by atoms with Crippen LogP contribution in [0.1, 0.15) is 49.4 Å². The zero-order chi connectivity index (χ0) is 21.4. The first-order chi connectivity index (χ1) is 14.1. The minimum atomic E-state index is -0.415. The number of aryl methyl sites for hydroxylation is 1. The summed E-state index contributed by atoms with van der Waals surface area (Å²) in [6, 6.07) is 14.7. The van der Waals surface area contributed by atoms with E-state index in [2.05, 4.69) is 56.4 Å². The molecular weight excluding hydrogens is 412 g/mol. The van der Waals surface area contributed by atoms with Gasteiger partial charge in [0.1, 0.15) is 4.32 Å². The van der Waals surface area contributed by atoms with E-state index in [9.17, 15) is 9.59 Å². The molecule has 0 radical (unpaired) electrons. The summed E-state index contributed by atoms with van der Waals surface area (Å²) in [4.78, 5) is 28.6. The highest BCUT2D eigenvalue weighted by atomic mass is 32.2. The first-order valence-corrected chi connectivity index (χ1v) is 11.2. The molecule has 0 aliphatic carbocycles. The summed E-state index contributed by atoms with van der Waals surface area (Å²) in [6.07, 6.45) is 0.784. The quantitative estimate of drug-likeness (QED) is 0.523. The normalized spacial score (nSPS) is 26.8. The van der Waals surface area contributed by atoms with Crippen molar-refractivity contribution in [3.05, 3.63) is 69.6 Å². The highest BCUT2D eigenvalue weighted by Crippen LogP contribution is 2.57. The number of carbonyl (C=O) groups is 2. The standard InChI is InChI=1S/C24H22N2O2S2/c1-13-10-15-17(19-20(27)25-22(29)30-19)21(28)26-18(15)16(11-13)24(4,12-23(26,2)3)14-8-6-5-7-9-14/h5-11H,12H2,1-4H3,(H,25,27,29)/b19-17-. The monoisotopic (exact) mass is 434 g/mol. The molecule has 3 heterocycles. The third-order valence-corrected chi connectivity index (χ3v) is 7.64. The van der Waals surface area contributed by atoms with Crippen LogP contribution in [0.2, 0.25) is 0 Å². The number of carbonyl (C=O) groups excluding carboxylic acids is 2. The molecule has 3 aliphatic heterocycles. The molecule has 152 valence electrons. The first kappa shape index (κ1) is 19.5. The smallest absolute Gasteiger partial charge is 0.264 e. The molecule has 0 bridgehead atoms. The summed E-state index contributed by atoms with van der Waals surface area (Å²) >= 11 is 6.37. The van der Waals surface area contributed by atoms with Gasteiger partial charge in [-0.3, -0.25) is 9.59 Å². The fourth-order valence-electron chi connectivity index (χ4n) is 5.34. The Kier molecular flexibility index (Phi) is 4.09. The van der Waals surface area contributed by atoms with Crippen LogP contribution in [-0.2, 0) is 15.0 Å². The summed E-state index contributed by atoms with van der Waals surface area (Å²) < 4.78 is 0.395. The van der Waals surface area contributed by atoms with E-state index < -0.39 is 5.54 Å². The molecule has 1 fully saturated rings. The highest BCUT2D eigenvalue weighted by molar-refractivity contribution is 8.27. The molecule has 6 heteroatoms. The summed E-state index contributed by atoms with van der Waals surface area (Å²) in [5.41, 5.74) is 5.02. The Labute approximate surface area is 185 Å². The van der Waals surface area contributed by atoms with Gasteiger partial charge in [0.25, 0.3) is 11.8 Å². The van der Waals surface area contributed by atoms with Crippen molar-refractivity contribution in [3.8, 4) is 0 Å². The van der Waals surface area contributed by atoms with E-state index in [0.29, 0.717) is 14.8 Å². The van der Waals surface area contributed by atoms with Crippen LogP contribution in [0.3, 0.4) is 0 Å². The zero-order valence-corrected chi connectivity index (χ0v) is 19.0. The van der Waals surface area contributed by atoms with E-state index in [1.54, 1.807) is 0 Å². The Bertz CT molecular complexity index is 1180. The fraction of sp³-hybridized carbons (Fsp3) is 0.292. The van der Waals surface area contributed by atoms with Crippen molar-refractivity contribution in [2.45, 2.75) is 45.1 Å². The van der Waals surface area contributed by atoms with Crippen molar-refractivity contribution >= 4 is 51.4 Å². The molecule has 30 heavy (non-hydrogen) atoms. The van der Waals surface area contributed by atoms with Crippen LogP contribution in [0, 0.1) is 6.92 Å². The third-order valence-electron chi connectivity index (χ3n) is 6.40. The van der Waals surface area contributed by atoms with Gasteiger partial charge >= 0.3 is 0 Å². The zero-order valence-electron chi connectivity index (χ0n) is 17.3. The van der Waals surface area contributed by atoms with Crippen molar-refractivity contribution < 1.29 is 9.59 Å². The number of rotatable bonds is 1. The molecule has 1 N–H and O–H groups in total. The maximum absolute atomic E-state index is 13.7. The van der Waals surface area contributed by atoms with E-state index in [0.717, 1.165) is 28.8 Å². The first-order valence-electron chi connectivity index (χ1n) is 9.96. The number of thioether (sulfide) groups is 1. The average Bonchev–Trinajstić information content (AvgIpc) is 3.15. The van der Waals surface area contributed by atoms with Gasteiger partial charge in [-0.1, -0.05) is 72.9 Å². The lowest BCUT2D eigenvalue weighted by Gasteiger charge is -2.50. The summed E-state index contributed by atoms with van der Waals surface area (Å²) in [5, 5.41) is 2.66. The van der Waals surface area contributed by atoms with Gasteiger partial charge in [-0.2, -0.15) is 0 Å². The Morgan fingerprint density at radius 1 is 1.10 bits per heavy atom. The number of thiocarbonyl (C=S) groups is 1. The summed E-state index contributed by atoms with van der Waals surface area (Å²) in [7, 11) is 0.